The molecule has 7 nitrogen and oxygen atoms in total. The average Bonchev–Trinajstić information content (AvgIpc) is 3.45. The zero-order valence-electron chi connectivity index (χ0n) is 20.2. The van der Waals surface area contributed by atoms with E-state index in [1.54, 1.807) is 33.4 Å². The van der Waals surface area contributed by atoms with Crippen molar-refractivity contribution in [3.05, 3.63) is 75.1 Å². The van der Waals surface area contributed by atoms with Gasteiger partial charge in [0, 0.05) is 46.9 Å². The lowest BCUT2D eigenvalue weighted by Gasteiger charge is -2.26. The third-order valence-electron chi connectivity index (χ3n) is 6.18. The molecule has 5 rings (SSSR count). The smallest absolute Gasteiger partial charge is 0.328 e. The highest BCUT2D eigenvalue weighted by Gasteiger charge is 2.35. The Bertz CT molecular complexity index is 1400. The molecule has 2 amide bonds. The summed E-state index contributed by atoms with van der Waals surface area (Å²) in [5.74, 6) is -0.286. The predicted octanol–water partition coefficient (Wildman–Crippen LogP) is 6.14. The summed E-state index contributed by atoms with van der Waals surface area (Å²) in [5, 5.41) is 1.00. The van der Waals surface area contributed by atoms with Crippen molar-refractivity contribution >= 4 is 40.6 Å². The summed E-state index contributed by atoms with van der Waals surface area (Å²) in [6.07, 6.45) is 8.38. The summed E-state index contributed by atoms with van der Waals surface area (Å²) in [5.41, 5.74) is 8.72. The maximum Gasteiger partial charge on any atom is 0.328 e. The standard InChI is InChI=1S/C26H26ClFN6OS/c1-26(2,3)23-32-21(20-9-10-30-24(29)31-20)22(36-23)15-5-4-6-16(13-15)33-11-12-34(25(33)35)17-7-8-19(28)18(27)14-17/h4-10,14-15H,11-13H2,1-3H3,(H2,29,30,31). The Balaban J connectivity index is 1.43. The molecule has 3 aromatic rings. The first kappa shape index (κ1) is 24.4. The van der Waals surface area contributed by atoms with Crippen LogP contribution in [0.15, 0.2) is 54.4 Å². The van der Waals surface area contributed by atoms with Crippen molar-refractivity contribution in [3.63, 3.8) is 0 Å². The molecule has 0 saturated carbocycles. The predicted molar refractivity (Wildman–Crippen MR) is 142 cm³/mol. The topological polar surface area (TPSA) is 88.2 Å². The number of hydrogen-bond donors (Lipinski definition) is 1. The molecule has 1 atom stereocenters. The maximum atomic E-state index is 13.6. The average molecular weight is 525 g/mol. The van der Waals surface area contributed by atoms with Crippen molar-refractivity contribution in [2.75, 3.05) is 23.7 Å². The monoisotopic (exact) mass is 524 g/mol. The molecular formula is C26H26ClFN6OS. The van der Waals surface area contributed by atoms with Gasteiger partial charge < -0.3 is 5.73 Å². The Morgan fingerprint density at radius 2 is 1.94 bits per heavy atom. The summed E-state index contributed by atoms with van der Waals surface area (Å²) in [4.78, 5) is 31.2. The minimum atomic E-state index is -0.507. The van der Waals surface area contributed by atoms with E-state index in [0.717, 1.165) is 21.3 Å². The first-order valence-corrected chi connectivity index (χ1v) is 12.8. The molecule has 0 spiro atoms. The van der Waals surface area contributed by atoms with E-state index < -0.39 is 5.82 Å². The molecule has 1 aliphatic heterocycles. The number of amides is 2. The highest BCUT2D eigenvalue weighted by atomic mass is 35.5. The second-order valence-electron chi connectivity index (χ2n) is 9.82. The number of benzene rings is 1. The summed E-state index contributed by atoms with van der Waals surface area (Å²) in [7, 11) is 0. The Kier molecular flexibility index (Phi) is 6.30. The van der Waals surface area contributed by atoms with E-state index in [-0.39, 0.29) is 28.3 Å². The first-order valence-electron chi connectivity index (χ1n) is 11.6. The van der Waals surface area contributed by atoms with Gasteiger partial charge in [-0.25, -0.2) is 24.1 Å². The molecule has 2 aromatic heterocycles. The van der Waals surface area contributed by atoms with Crippen molar-refractivity contribution in [2.24, 2.45) is 0 Å². The number of allylic oxidation sites excluding steroid dienone is 4. The number of nitrogens with two attached hydrogens (primary N) is 1. The quantitative estimate of drug-likeness (QED) is 0.442. The van der Waals surface area contributed by atoms with E-state index >= 15 is 0 Å². The molecular weight excluding hydrogens is 499 g/mol. The summed E-state index contributed by atoms with van der Waals surface area (Å²) < 4.78 is 13.6. The van der Waals surface area contributed by atoms with E-state index in [1.165, 1.54) is 12.1 Å². The van der Waals surface area contributed by atoms with Crippen LogP contribution in [0.5, 0.6) is 0 Å². The fraction of sp³-hybridized carbons (Fsp3) is 0.308. The zero-order valence-corrected chi connectivity index (χ0v) is 21.8. The molecule has 1 aromatic carbocycles. The van der Waals surface area contributed by atoms with Crippen LogP contribution < -0.4 is 10.6 Å². The molecule has 0 radical (unpaired) electrons. The molecule has 1 saturated heterocycles. The number of halogens is 2. The largest absolute Gasteiger partial charge is 0.368 e. The Morgan fingerprint density at radius 1 is 1.17 bits per heavy atom. The second-order valence-corrected chi connectivity index (χ2v) is 11.3. The zero-order chi connectivity index (χ0) is 25.6. The van der Waals surface area contributed by atoms with E-state index in [0.29, 0.717) is 30.9 Å². The van der Waals surface area contributed by atoms with Crippen molar-refractivity contribution in [1.29, 1.82) is 0 Å². The normalized spacial score (nSPS) is 18.2. The molecule has 3 heterocycles. The molecule has 2 aliphatic rings. The van der Waals surface area contributed by atoms with E-state index in [4.69, 9.17) is 22.3 Å². The van der Waals surface area contributed by atoms with Crippen LogP contribution >= 0.6 is 22.9 Å². The third-order valence-corrected chi connectivity index (χ3v) is 8.08. The minimum Gasteiger partial charge on any atom is -0.368 e. The molecule has 2 N–H and O–H groups in total. The maximum absolute atomic E-state index is 13.6. The number of carbonyl (C=O) groups is 1. The van der Waals surface area contributed by atoms with Crippen LogP contribution in [0.4, 0.5) is 20.8 Å². The van der Waals surface area contributed by atoms with Crippen LogP contribution in [0.2, 0.25) is 5.02 Å². The summed E-state index contributed by atoms with van der Waals surface area (Å²) in [6, 6.07) is 6.01. The van der Waals surface area contributed by atoms with Gasteiger partial charge in [-0.15, -0.1) is 11.3 Å². The van der Waals surface area contributed by atoms with Gasteiger partial charge in [0.2, 0.25) is 5.95 Å². The van der Waals surface area contributed by atoms with Gasteiger partial charge in [-0.3, -0.25) is 9.80 Å². The van der Waals surface area contributed by atoms with Crippen LogP contribution in [-0.2, 0) is 5.41 Å². The van der Waals surface area contributed by atoms with Gasteiger partial charge in [-0.2, -0.15) is 0 Å². The fourth-order valence-corrected chi connectivity index (χ4v) is 5.72. The van der Waals surface area contributed by atoms with Crippen LogP contribution in [0.25, 0.3) is 11.4 Å². The number of nitrogen functional groups attached to an aromatic ring is 1. The van der Waals surface area contributed by atoms with Crippen molar-refractivity contribution in [1.82, 2.24) is 19.9 Å². The lowest BCUT2D eigenvalue weighted by molar-refractivity contribution is 0.229. The molecule has 0 bridgehead atoms. The van der Waals surface area contributed by atoms with Gasteiger partial charge >= 0.3 is 6.03 Å². The van der Waals surface area contributed by atoms with Crippen molar-refractivity contribution < 1.29 is 9.18 Å². The van der Waals surface area contributed by atoms with Crippen LogP contribution in [0, 0.1) is 5.82 Å². The number of anilines is 2. The Morgan fingerprint density at radius 3 is 2.67 bits per heavy atom. The number of aromatic nitrogens is 3. The van der Waals surface area contributed by atoms with Gasteiger partial charge in [0.15, 0.2) is 0 Å². The first-order chi connectivity index (χ1) is 17.1. The number of carbonyl (C=O) groups excluding carboxylic acids is 1. The summed E-state index contributed by atoms with van der Waals surface area (Å²) in [6.45, 7) is 7.43. The number of urea groups is 1. The Labute approximate surface area is 218 Å². The highest BCUT2D eigenvalue weighted by molar-refractivity contribution is 7.12. The van der Waals surface area contributed by atoms with Crippen LogP contribution in [0.3, 0.4) is 0 Å². The lowest BCUT2D eigenvalue weighted by atomic mass is 9.94. The number of hydrogen-bond acceptors (Lipinski definition) is 6. The van der Waals surface area contributed by atoms with Crippen molar-refractivity contribution in [2.45, 2.75) is 38.5 Å². The van der Waals surface area contributed by atoms with E-state index in [1.807, 2.05) is 18.2 Å². The molecule has 1 fully saturated rings. The molecule has 1 unspecified atom stereocenters. The SMILES string of the molecule is CC(C)(C)c1nc(-c2ccnc(N)n2)c(C2C=CC=C(N3CCN(c4ccc(F)c(Cl)c4)C3=O)C2)s1. The van der Waals surface area contributed by atoms with E-state index in [9.17, 15) is 9.18 Å². The van der Waals surface area contributed by atoms with Crippen LogP contribution in [0.1, 0.15) is 43.0 Å². The van der Waals surface area contributed by atoms with Gasteiger partial charge in [-0.05, 0) is 36.8 Å². The van der Waals surface area contributed by atoms with Gasteiger partial charge in [0.1, 0.15) is 11.5 Å². The molecule has 10 heteroatoms. The minimum absolute atomic E-state index is 0.00337. The fourth-order valence-electron chi connectivity index (χ4n) is 4.33. The van der Waals surface area contributed by atoms with Gasteiger partial charge in [0.05, 0.1) is 15.7 Å². The molecule has 186 valence electrons. The number of thiazole rings is 1. The summed E-state index contributed by atoms with van der Waals surface area (Å²) >= 11 is 7.62. The lowest BCUT2D eigenvalue weighted by Crippen LogP contribution is -2.32. The number of nitrogens with zero attached hydrogens (tertiary/aromatic N) is 5. The molecule has 36 heavy (non-hydrogen) atoms. The molecule has 1 aliphatic carbocycles. The van der Waals surface area contributed by atoms with E-state index in [2.05, 4.69) is 36.8 Å². The second kappa shape index (κ2) is 9.29. The Hall–Kier alpha value is -3.30. The van der Waals surface area contributed by atoms with Gasteiger partial charge in [-0.1, -0.05) is 44.5 Å². The van der Waals surface area contributed by atoms with Gasteiger partial charge in [0.25, 0.3) is 0 Å². The van der Waals surface area contributed by atoms with Crippen molar-refractivity contribution in [3.8, 4) is 11.4 Å². The van der Waals surface area contributed by atoms with Crippen LogP contribution in [-0.4, -0.2) is 39.0 Å². The third kappa shape index (κ3) is 4.60. The highest BCUT2D eigenvalue weighted by Crippen LogP contribution is 2.42. The number of rotatable bonds is 4.